The van der Waals surface area contributed by atoms with Gasteiger partial charge < -0.3 is 5.32 Å². The molecule has 1 aliphatic carbocycles. The molecule has 2 N–H and O–H groups in total. The second-order valence-electron chi connectivity index (χ2n) is 6.87. The first-order chi connectivity index (χ1) is 12.4. The highest BCUT2D eigenvalue weighted by molar-refractivity contribution is 7.80. The number of fused-ring (bicyclic) bond motifs is 1. The van der Waals surface area contributed by atoms with Gasteiger partial charge in [0.05, 0.1) is 5.56 Å². The zero-order valence-electron chi connectivity index (χ0n) is 15.1. The minimum absolute atomic E-state index is 0.219. The number of nitrogens with one attached hydrogen (secondary N) is 2. The van der Waals surface area contributed by atoms with E-state index in [0.29, 0.717) is 17.0 Å². The summed E-state index contributed by atoms with van der Waals surface area (Å²) in [6.45, 7) is 6.21. The molecule has 0 saturated carbocycles. The van der Waals surface area contributed by atoms with Gasteiger partial charge >= 0.3 is 0 Å². The number of aryl methyl sites for hydroxylation is 2. The van der Waals surface area contributed by atoms with E-state index in [4.69, 9.17) is 12.2 Å². The van der Waals surface area contributed by atoms with E-state index in [1.165, 1.54) is 4.88 Å². The van der Waals surface area contributed by atoms with Gasteiger partial charge in [0.15, 0.2) is 5.11 Å². The number of thiocarbonyl (C=S) groups is 1. The molecule has 1 aromatic heterocycles. The Bertz CT molecular complexity index is 924. The summed E-state index contributed by atoms with van der Waals surface area (Å²) >= 11 is 6.87. The SMILES string of the molecule is Cc1ccc(C(=O)NC(=S)Nc2sc3c(c2C#N)CCC(C)C3)cc1C. The lowest BCUT2D eigenvalue weighted by atomic mass is 9.89. The fraction of sp³-hybridized carbons (Fsp3) is 0.350. The molecule has 26 heavy (non-hydrogen) atoms. The lowest BCUT2D eigenvalue weighted by Crippen LogP contribution is -2.34. The molecule has 1 unspecified atom stereocenters. The fourth-order valence-corrected chi connectivity index (χ4v) is 4.77. The molecular formula is C20H21N3OS2. The van der Waals surface area contributed by atoms with Gasteiger partial charge in [-0.3, -0.25) is 10.1 Å². The molecule has 0 aliphatic heterocycles. The first kappa shape index (κ1) is 18.6. The Labute approximate surface area is 163 Å². The maximum absolute atomic E-state index is 12.4. The number of hydrogen-bond donors (Lipinski definition) is 2. The predicted molar refractivity (Wildman–Crippen MR) is 110 cm³/mol. The average molecular weight is 384 g/mol. The number of carbonyl (C=O) groups is 1. The lowest BCUT2D eigenvalue weighted by molar-refractivity contribution is 0.0977. The molecule has 0 saturated heterocycles. The number of amides is 1. The van der Waals surface area contributed by atoms with Crippen LogP contribution in [0.25, 0.3) is 0 Å². The van der Waals surface area contributed by atoms with Gasteiger partial charge in [-0.25, -0.2) is 0 Å². The van der Waals surface area contributed by atoms with Gasteiger partial charge in [-0.15, -0.1) is 11.3 Å². The number of thiophene rings is 1. The fourth-order valence-electron chi connectivity index (χ4n) is 3.15. The van der Waals surface area contributed by atoms with Crippen molar-refractivity contribution in [3.8, 4) is 6.07 Å². The standard InChI is InChI=1S/C20H21N3OS2/c1-11-4-7-15-16(10-21)19(26-17(15)8-11)23-20(25)22-18(24)14-6-5-12(2)13(3)9-14/h5-6,9,11H,4,7-8H2,1-3H3,(H2,22,23,24,25). The first-order valence-corrected chi connectivity index (χ1v) is 9.85. The van der Waals surface area contributed by atoms with Crippen LogP contribution < -0.4 is 10.6 Å². The van der Waals surface area contributed by atoms with E-state index in [1.54, 1.807) is 17.4 Å². The minimum atomic E-state index is -0.251. The second kappa shape index (κ2) is 7.56. The Kier molecular flexibility index (Phi) is 5.40. The van der Waals surface area contributed by atoms with Crippen LogP contribution in [0.3, 0.4) is 0 Å². The largest absolute Gasteiger partial charge is 0.323 e. The molecular weight excluding hydrogens is 362 g/mol. The molecule has 0 spiro atoms. The number of rotatable bonds is 2. The molecule has 3 rings (SSSR count). The van der Waals surface area contributed by atoms with Gasteiger partial charge in [-0.2, -0.15) is 5.26 Å². The van der Waals surface area contributed by atoms with E-state index in [9.17, 15) is 10.1 Å². The predicted octanol–water partition coefficient (Wildman–Crippen LogP) is 4.49. The van der Waals surface area contributed by atoms with Gasteiger partial charge in [0, 0.05) is 10.4 Å². The monoisotopic (exact) mass is 383 g/mol. The summed E-state index contributed by atoms with van der Waals surface area (Å²) in [5, 5.41) is 16.3. The molecule has 1 heterocycles. The molecule has 1 aliphatic rings. The van der Waals surface area contributed by atoms with Crippen molar-refractivity contribution in [1.29, 1.82) is 5.26 Å². The highest BCUT2D eigenvalue weighted by atomic mass is 32.1. The Hall–Kier alpha value is -2.23. The van der Waals surface area contributed by atoms with Crippen molar-refractivity contribution in [2.75, 3.05) is 5.32 Å². The Morgan fingerprint density at radius 3 is 2.81 bits per heavy atom. The topological polar surface area (TPSA) is 64.9 Å². The van der Waals surface area contributed by atoms with E-state index in [1.807, 2.05) is 26.0 Å². The molecule has 4 nitrogen and oxygen atoms in total. The van der Waals surface area contributed by atoms with E-state index < -0.39 is 0 Å². The number of anilines is 1. The Morgan fingerprint density at radius 1 is 1.35 bits per heavy atom. The maximum atomic E-state index is 12.4. The van der Waals surface area contributed by atoms with Gasteiger partial charge in [-0.1, -0.05) is 13.0 Å². The molecule has 1 amide bonds. The first-order valence-electron chi connectivity index (χ1n) is 8.63. The van der Waals surface area contributed by atoms with Gasteiger partial charge in [0.2, 0.25) is 0 Å². The summed E-state index contributed by atoms with van der Waals surface area (Å²) in [7, 11) is 0. The molecule has 0 fully saturated rings. The van der Waals surface area contributed by atoms with Crippen LogP contribution in [-0.2, 0) is 12.8 Å². The zero-order valence-corrected chi connectivity index (χ0v) is 16.7. The van der Waals surface area contributed by atoms with Crippen molar-refractivity contribution in [3.63, 3.8) is 0 Å². The molecule has 134 valence electrons. The van der Waals surface area contributed by atoms with Crippen LogP contribution in [0.5, 0.6) is 0 Å². The Balaban J connectivity index is 1.73. The van der Waals surface area contributed by atoms with Gasteiger partial charge in [0.1, 0.15) is 11.1 Å². The van der Waals surface area contributed by atoms with Crippen LogP contribution in [0.15, 0.2) is 18.2 Å². The van der Waals surface area contributed by atoms with Crippen LogP contribution in [0.4, 0.5) is 5.00 Å². The van der Waals surface area contributed by atoms with E-state index in [2.05, 4.69) is 23.6 Å². The lowest BCUT2D eigenvalue weighted by Gasteiger charge is -2.17. The summed E-state index contributed by atoms with van der Waals surface area (Å²) in [6, 6.07) is 7.85. The number of hydrogen-bond acceptors (Lipinski definition) is 4. The molecule has 1 atom stereocenters. The highest BCUT2D eigenvalue weighted by Crippen LogP contribution is 2.39. The van der Waals surface area contributed by atoms with Crippen LogP contribution in [-0.4, -0.2) is 11.0 Å². The molecule has 1 aromatic carbocycles. The van der Waals surface area contributed by atoms with Crippen molar-refractivity contribution in [2.45, 2.75) is 40.0 Å². The quantitative estimate of drug-likeness (QED) is 0.750. The van der Waals surface area contributed by atoms with Crippen LogP contribution >= 0.6 is 23.6 Å². The normalized spacial score (nSPS) is 15.7. The zero-order chi connectivity index (χ0) is 18.8. The van der Waals surface area contributed by atoms with Gasteiger partial charge in [-0.05, 0) is 80.1 Å². The molecule has 6 heteroatoms. The third-order valence-corrected chi connectivity index (χ3v) is 6.22. The number of benzene rings is 1. The van der Waals surface area contributed by atoms with Crippen LogP contribution in [0.1, 0.15) is 50.8 Å². The van der Waals surface area contributed by atoms with E-state index >= 15 is 0 Å². The van der Waals surface area contributed by atoms with Crippen LogP contribution in [0.2, 0.25) is 0 Å². The van der Waals surface area contributed by atoms with Crippen LogP contribution in [0, 0.1) is 31.1 Å². The third kappa shape index (κ3) is 3.79. The minimum Gasteiger partial charge on any atom is -0.323 e. The van der Waals surface area contributed by atoms with Crippen molar-refractivity contribution in [1.82, 2.24) is 5.32 Å². The molecule has 0 bridgehead atoms. The summed E-state index contributed by atoms with van der Waals surface area (Å²) in [5.41, 5.74) is 4.57. The number of nitrogens with zero attached hydrogens (tertiary/aromatic N) is 1. The van der Waals surface area contributed by atoms with Gasteiger partial charge in [0.25, 0.3) is 5.91 Å². The summed E-state index contributed by atoms with van der Waals surface area (Å²) in [4.78, 5) is 13.7. The molecule has 2 aromatic rings. The van der Waals surface area contributed by atoms with Crippen molar-refractivity contribution < 1.29 is 4.79 Å². The number of nitriles is 1. The van der Waals surface area contributed by atoms with E-state index in [0.717, 1.165) is 41.0 Å². The average Bonchev–Trinajstić information content (AvgIpc) is 2.92. The summed E-state index contributed by atoms with van der Waals surface area (Å²) in [5.74, 6) is 0.385. The third-order valence-electron chi connectivity index (χ3n) is 4.85. The maximum Gasteiger partial charge on any atom is 0.257 e. The smallest absolute Gasteiger partial charge is 0.257 e. The Morgan fingerprint density at radius 2 is 2.12 bits per heavy atom. The second-order valence-corrected chi connectivity index (χ2v) is 8.39. The van der Waals surface area contributed by atoms with Crippen molar-refractivity contribution in [3.05, 3.63) is 50.9 Å². The molecule has 0 radical (unpaired) electrons. The summed E-state index contributed by atoms with van der Waals surface area (Å²) in [6.07, 6.45) is 3.03. The summed E-state index contributed by atoms with van der Waals surface area (Å²) < 4.78 is 0. The number of carbonyl (C=O) groups excluding carboxylic acids is 1. The van der Waals surface area contributed by atoms with Crippen molar-refractivity contribution in [2.24, 2.45) is 5.92 Å². The van der Waals surface area contributed by atoms with E-state index in [-0.39, 0.29) is 11.0 Å². The van der Waals surface area contributed by atoms with Crippen molar-refractivity contribution >= 4 is 39.6 Å². The highest BCUT2D eigenvalue weighted by Gasteiger charge is 2.24.